The fourth-order valence-corrected chi connectivity index (χ4v) is 9.21. The molecule has 2 heterocycles. The normalized spacial score (nSPS) is 20.7. The maximum Gasteiger partial charge on any atom is 0.303 e. The van der Waals surface area contributed by atoms with Crippen LogP contribution in [0.3, 0.4) is 0 Å². The molecule has 0 spiro atoms. The van der Waals surface area contributed by atoms with Crippen LogP contribution in [0.25, 0.3) is 0 Å². The summed E-state index contributed by atoms with van der Waals surface area (Å²) >= 11 is 0. The van der Waals surface area contributed by atoms with Gasteiger partial charge in [0.1, 0.15) is 16.7 Å². The van der Waals surface area contributed by atoms with E-state index in [0.29, 0.717) is 75.4 Å². The third-order valence-corrected chi connectivity index (χ3v) is 13.1. The third kappa shape index (κ3) is 11.3. The van der Waals surface area contributed by atoms with Gasteiger partial charge in [-0.25, -0.2) is 8.42 Å². The van der Waals surface area contributed by atoms with Gasteiger partial charge in [0.15, 0.2) is 5.71 Å². The van der Waals surface area contributed by atoms with Gasteiger partial charge in [0.05, 0.1) is 34.2 Å². The molecule has 15 nitrogen and oxygen atoms in total. The maximum atomic E-state index is 12.1. The summed E-state index contributed by atoms with van der Waals surface area (Å²) in [6.07, 6.45) is 11.6. The highest BCUT2D eigenvalue weighted by molar-refractivity contribution is 7.86. The van der Waals surface area contributed by atoms with E-state index in [4.69, 9.17) is 14.6 Å². The summed E-state index contributed by atoms with van der Waals surface area (Å²) in [4.78, 5) is 12.4. The van der Waals surface area contributed by atoms with Gasteiger partial charge < -0.3 is 24.0 Å². The highest BCUT2D eigenvalue weighted by atomic mass is 32.2. The first kappa shape index (κ1) is 45.9. The Morgan fingerprint density at radius 1 is 0.860 bits per heavy atom. The van der Waals surface area contributed by atoms with Crippen molar-refractivity contribution in [3.05, 3.63) is 83.6 Å². The van der Waals surface area contributed by atoms with Crippen molar-refractivity contribution in [2.24, 2.45) is 0 Å². The predicted octanol–water partition coefficient (Wildman–Crippen LogP) is 5.35. The molecular weight excluding hydrogens is 801 g/mol. The number of allylic oxidation sites excluding steroid dienone is 6. The average Bonchev–Trinajstić information content (AvgIpc) is 3.49. The number of aliphatic carboxylic acids is 1. The van der Waals surface area contributed by atoms with E-state index < -0.39 is 52.9 Å². The van der Waals surface area contributed by atoms with E-state index in [0.717, 1.165) is 17.1 Å². The Bertz CT molecular complexity index is 2270. The molecular formula is C39H52N2O13S3. The molecule has 314 valence electrons. The van der Waals surface area contributed by atoms with Crippen molar-refractivity contribution < 1.29 is 62.9 Å². The Hall–Kier alpha value is -3.75. The number of carbonyl (C=O) groups is 1. The third-order valence-electron chi connectivity index (χ3n) is 10.6. The summed E-state index contributed by atoms with van der Waals surface area (Å²) in [5, 5.41) is 9.12. The molecule has 2 atom stereocenters. The van der Waals surface area contributed by atoms with Gasteiger partial charge in [-0.1, -0.05) is 18.2 Å². The first-order valence-electron chi connectivity index (χ1n) is 18.6. The Balaban J connectivity index is 1.77. The topological polar surface area (TPSA) is 228 Å². The number of hydrogen-bond donors (Lipinski definition) is 3. The van der Waals surface area contributed by atoms with Gasteiger partial charge in [0.25, 0.3) is 20.2 Å². The van der Waals surface area contributed by atoms with Crippen LogP contribution in [0.2, 0.25) is 0 Å². The number of anilines is 1. The van der Waals surface area contributed by atoms with Crippen LogP contribution in [0.5, 0.6) is 0 Å². The monoisotopic (exact) mass is 852 g/mol. The Labute approximate surface area is 335 Å². The molecule has 0 radical (unpaired) electrons. The molecule has 57 heavy (non-hydrogen) atoms. The van der Waals surface area contributed by atoms with Gasteiger partial charge in [-0.3, -0.25) is 13.9 Å². The molecule has 2 aromatic carbocycles. The molecule has 2 aliphatic rings. The Morgan fingerprint density at radius 3 is 2.19 bits per heavy atom. The standard InChI is InChI=1S/C39H52N2O13S3/c1-5-40-33-18-16-29(56(47,48)49)27-31(33)38(2,20-12-26-55(44,45)46)35(40)13-8-6-9-14-36-39(3,21-23-54-25-24-53-4)32-28-30(57(50,51)52)17-19-34(32)41(36)22-11-7-10-15-37(42)43/h6,8-9,13-14,16-19,27-28H,5,7,10-12,15,20-26H2,1-4H3,(H3-,42,43,44,45,46,47,48,49,50,51,52). The van der Waals surface area contributed by atoms with Crippen molar-refractivity contribution >= 4 is 53.4 Å². The van der Waals surface area contributed by atoms with Crippen LogP contribution in [0, 0.1) is 0 Å². The summed E-state index contributed by atoms with van der Waals surface area (Å²) in [6.45, 7) is 7.70. The SMILES string of the molecule is CCN1\C(=C/C=C/C=C/C2=[N+](CCCCCC(=O)O)c3ccc(S(=O)(=O)[O-])cc3C2(C)CCOCCOC)C(C)(CCCS(=O)(=O)O)c2cc(S(=O)(=O)O)ccc21. The molecule has 2 aromatic rings. The number of carboxylic acid groups (broad SMARTS) is 1. The van der Waals surface area contributed by atoms with Crippen molar-refractivity contribution in [3.8, 4) is 0 Å². The summed E-state index contributed by atoms with van der Waals surface area (Å²) in [5.41, 5.74) is 2.44. The number of methoxy groups -OCH3 is 1. The molecule has 0 fully saturated rings. The van der Waals surface area contributed by atoms with Crippen LogP contribution < -0.4 is 4.90 Å². The molecule has 0 aromatic heterocycles. The fraction of sp³-hybridized carbons (Fsp3) is 0.487. The van der Waals surface area contributed by atoms with Gasteiger partial charge in [0, 0.05) is 67.6 Å². The van der Waals surface area contributed by atoms with Crippen LogP contribution in [-0.2, 0) is 55.5 Å². The fourth-order valence-electron chi connectivity index (χ4n) is 7.70. The molecule has 0 amide bonds. The molecule has 2 unspecified atom stereocenters. The minimum atomic E-state index is -4.77. The largest absolute Gasteiger partial charge is 0.744 e. The number of benzene rings is 2. The zero-order valence-corrected chi connectivity index (χ0v) is 35.0. The molecule has 0 aliphatic carbocycles. The van der Waals surface area contributed by atoms with E-state index in [-0.39, 0.29) is 29.1 Å². The summed E-state index contributed by atoms with van der Waals surface area (Å²) in [5.74, 6) is -1.38. The lowest BCUT2D eigenvalue weighted by atomic mass is 9.76. The predicted molar refractivity (Wildman–Crippen MR) is 214 cm³/mol. The van der Waals surface area contributed by atoms with Crippen LogP contribution in [-0.4, -0.2) is 106 Å². The minimum Gasteiger partial charge on any atom is -0.744 e. The Morgan fingerprint density at radius 2 is 1.56 bits per heavy atom. The number of ether oxygens (including phenoxy) is 2. The first-order valence-corrected chi connectivity index (χ1v) is 23.1. The van der Waals surface area contributed by atoms with Gasteiger partial charge in [-0.15, -0.1) is 0 Å². The first-order chi connectivity index (χ1) is 26.7. The van der Waals surface area contributed by atoms with Crippen LogP contribution in [0.4, 0.5) is 11.4 Å². The van der Waals surface area contributed by atoms with E-state index >= 15 is 0 Å². The number of carboxylic acids is 1. The molecule has 18 heteroatoms. The highest BCUT2D eigenvalue weighted by Crippen LogP contribution is 2.51. The van der Waals surface area contributed by atoms with E-state index in [1.807, 2.05) is 43.9 Å². The van der Waals surface area contributed by atoms with E-state index in [1.54, 1.807) is 31.4 Å². The van der Waals surface area contributed by atoms with Crippen molar-refractivity contribution in [1.29, 1.82) is 0 Å². The van der Waals surface area contributed by atoms with Crippen LogP contribution >= 0.6 is 0 Å². The molecule has 0 bridgehead atoms. The number of rotatable bonds is 22. The summed E-state index contributed by atoms with van der Waals surface area (Å²) in [7, 11) is -12.0. The average molecular weight is 853 g/mol. The lowest BCUT2D eigenvalue weighted by Gasteiger charge is -2.30. The van der Waals surface area contributed by atoms with Crippen molar-refractivity contribution in [1.82, 2.24) is 0 Å². The lowest BCUT2D eigenvalue weighted by Crippen LogP contribution is -2.33. The van der Waals surface area contributed by atoms with Crippen molar-refractivity contribution in [2.45, 2.75) is 86.3 Å². The molecule has 0 saturated carbocycles. The molecule has 2 aliphatic heterocycles. The number of fused-ring (bicyclic) bond motifs is 2. The number of likely N-dealkylation sites (N-methyl/N-ethyl adjacent to an activating group) is 1. The molecule has 0 saturated heterocycles. The van der Waals surface area contributed by atoms with Crippen LogP contribution in [0.15, 0.2) is 82.3 Å². The van der Waals surface area contributed by atoms with Gasteiger partial charge in [0.2, 0.25) is 5.69 Å². The number of hydrogen-bond acceptors (Lipinski definition) is 11. The molecule has 4 rings (SSSR count). The van der Waals surface area contributed by atoms with Crippen molar-refractivity contribution in [2.75, 3.05) is 50.7 Å². The summed E-state index contributed by atoms with van der Waals surface area (Å²) in [6, 6.07) is 8.62. The van der Waals surface area contributed by atoms with E-state index in [1.165, 1.54) is 24.3 Å². The zero-order valence-electron chi connectivity index (χ0n) is 32.6. The van der Waals surface area contributed by atoms with E-state index in [2.05, 4.69) is 4.58 Å². The quantitative estimate of drug-likeness (QED) is 0.0587. The second-order valence-corrected chi connectivity index (χ2v) is 18.9. The van der Waals surface area contributed by atoms with Gasteiger partial charge in [-0.2, -0.15) is 21.4 Å². The second-order valence-electron chi connectivity index (χ2n) is 14.5. The molecule has 3 N–H and O–H groups in total. The lowest BCUT2D eigenvalue weighted by molar-refractivity contribution is -0.438. The second kappa shape index (κ2) is 18.9. The maximum absolute atomic E-state index is 12.1. The van der Waals surface area contributed by atoms with Gasteiger partial charge >= 0.3 is 5.97 Å². The number of nitrogens with zero attached hydrogens (tertiary/aromatic N) is 2. The number of unbranched alkanes of at least 4 members (excludes halogenated alkanes) is 2. The smallest absolute Gasteiger partial charge is 0.303 e. The van der Waals surface area contributed by atoms with E-state index in [9.17, 15) is 43.7 Å². The highest BCUT2D eigenvalue weighted by Gasteiger charge is 2.48. The zero-order chi connectivity index (χ0) is 42.2. The summed E-state index contributed by atoms with van der Waals surface area (Å²) < 4.78 is 116. The minimum absolute atomic E-state index is 0.0381. The van der Waals surface area contributed by atoms with Crippen LogP contribution in [0.1, 0.15) is 76.8 Å². The van der Waals surface area contributed by atoms with Gasteiger partial charge in [-0.05, 0) is 94.8 Å². The Kier molecular flexibility index (Phi) is 15.2. The van der Waals surface area contributed by atoms with Crippen molar-refractivity contribution in [3.63, 3.8) is 0 Å².